The Bertz CT molecular complexity index is 539. The number of halogens is 1. The first-order valence-corrected chi connectivity index (χ1v) is 7.03. The molecule has 0 atom stereocenters. The number of hydrogen-bond donors (Lipinski definition) is 1. The Hall–Kier alpha value is -1.33. The van der Waals surface area contributed by atoms with Gasteiger partial charge in [-0.15, -0.1) is 0 Å². The molecule has 0 bridgehead atoms. The molecule has 1 aromatic heterocycles. The molecule has 1 heterocycles. The Kier molecular flexibility index (Phi) is 4.99. The summed E-state index contributed by atoms with van der Waals surface area (Å²) >= 11 is 3.56. The fraction of sp³-hybridized carbons (Fsp3) is 0.357. The van der Waals surface area contributed by atoms with Crippen LogP contribution in [0, 0.1) is 6.92 Å². The number of rotatable bonds is 6. The molecule has 19 heavy (non-hydrogen) atoms. The van der Waals surface area contributed by atoms with Crippen LogP contribution in [0.15, 0.2) is 35.1 Å². The zero-order valence-electron chi connectivity index (χ0n) is 11.2. The Morgan fingerprint density at radius 2 is 2.26 bits per heavy atom. The molecule has 5 heteroatoms. The first-order valence-electron chi connectivity index (χ1n) is 6.24. The van der Waals surface area contributed by atoms with Crippen molar-refractivity contribution in [3.8, 4) is 0 Å². The third-order valence-corrected chi connectivity index (χ3v) is 3.49. The molecule has 2 aromatic rings. The summed E-state index contributed by atoms with van der Waals surface area (Å²) < 4.78 is 8.20. The maximum Gasteiger partial charge on any atom is 0.207 e. The van der Waals surface area contributed by atoms with Crippen LogP contribution < -0.4 is 5.32 Å². The standard InChI is InChI=1S/C14H18BrN3O/c1-11-4-5-13(12(15)10-11)17-14-16-6-8-18(14)7-3-9-19-2/h4-6,8,10H,3,7,9H2,1-2H3,(H,16,17). The quantitative estimate of drug-likeness (QED) is 0.823. The summed E-state index contributed by atoms with van der Waals surface area (Å²) in [5.41, 5.74) is 2.24. The highest BCUT2D eigenvalue weighted by molar-refractivity contribution is 9.10. The summed E-state index contributed by atoms with van der Waals surface area (Å²) in [6.07, 6.45) is 4.74. The van der Waals surface area contributed by atoms with E-state index in [1.54, 1.807) is 13.3 Å². The van der Waals surface area contributed by atoms with E-state index in [4.69, 9.17) is 4.74 Å². The van der Waals surface area contributed by atoms with Gasteiger partial charge in [0.05, 0.1) is 5.69 Å². The molecule has 0 saturated carbocycles. The molecule has 0 aliphatic carbocycles. The summed E-state index contributed by atoms with van der Waals surface area (Å²) in [6, 6.07) is 6.21. The van der Waals surface area contributed by atoms with Crippen molar-refractivity contribution in [3.63, 3.8) is 0 Å². The van der Waals surface area contributed by atoms with Crippen LogP contribution in [0.1, 0.15) is 12.0 Å². The average molecular weight is 324 g/mol. The molecule has 0 saturated heterocycles. The highest BCUT2D eigenvalue weighted by Gasteiger charge is 2.05. The second-order valence-corrected chi connectivity index (χ2v) is 5.25. The van der Waals surface area contributed by atoms with Crippen LogP contribution in [0.4, 0.5) is 11.6 Å². The van der Waals surface area contributed by atoms with Gasteiger partial charge in [-0.05, 0) is 47.0 Å². The number of hydrogen-bond acceptors (Lipinski definition) is 3. The molecule has 1 N–H and O–H groups in total. The number of nitrogens with one attached hydrogen (secondary N) is 1. The van der Waals surface area contributed by atoms with Gasteiger partial charge in [0.15, 0.2) is 0 Å². The fourth-order valence-corrected chi connectivity index (χ4v) is 2.43. The number of aromatic nitrogens is 2. The van der Waals surface area contributed by atoms with Crippen molar-refractivity contribution in [1.29, 1.82) is 0 Å². The first-order chi connectivity index (χ1) is 9.20. The molecule has 0 aliphatic heterocycles. The molecule has 102 valence electrons. The van der Waals surface area contributed by atoms with Crippen molar-refractivity contribution in [3.05, 3.63) is 40.6 Å². The van der Waals surface area contributed by atoms with Gasteiger partial charge in [0, 0.05) is 37.1 Å². The minimum absolute atomic E-state index is 0.756. The molecule has 0 fully saturated rings. The second kappa shape index (κ2) is 6.73. The normalized spacial score (nSPS) is 10.7. The van der Waals surface area contributed by atoms with Gasteiger partial charge >= 0.3 is 0 Å². The highest BCUT2D eigenvalue weighted by atomic mass is 79.9. The number of nitrogens with zero attached hydrogens (tertiary/aromatic N) is 2. The van der Waals surface area contributed by atoms with Crippen molar-refractivity contribution < 1.29 is 4.74 Å². The molecule has 1 aromatic carbocycles. The van der Waals surface area contributed by atoms with Gasteiger partial charge in [-0.1, -0.05) is 6.07 Å². The minimum atomic E-state index is 0.756. The lowest BCUT2D eigenvalue weighted by Gasteiger charge is -2.11. The summed E-state index contributed by atoms with van der Waals surface area (Å²) in [6.45, 7) is 3.71. The van der Waals surface area contributed by atoms with Crippen molar-refractivity contribution in [2.24, 2.45) is 0 Å². The van der Waals surface area contributed by atoms with E-state index < -0.39 is 0 Å². The lowest BCUT2D eigenvalue weighted by molar-refractivity contribution is 0.190. The largest absolute Gasteiger partial charge is 0.385 e. The zero-order valence-corrected chi connectivity index (χ0v) is 12.8. The topological polar surface area (TPSA) is 39.1 Å². The van der Waals surface area contributed by atoms with Gasteiger partial charge in [-0.2, -0.15) is 0 Å². The number of imidazole rings is 1. The molecular weight excluding hydrogens is 306 g/mol. The Morgan fingerprint density at radius 1 is 1.42 bits per heavy atom. The van der Waals surface area contributed by atoms with Gasteiger partial charge in [-0.3, -0.25) is 0 Å². The van der Waals surface area contributed by atoms with Crippen molar-refractivity contribution in [1.82, 2.24) is 9.55 Å². The minimum Gasteiger partial charge on any atom is -0.385 e. The maximum absolute atomic E-state index is 5.07. The first kappa shape index (κ1) is 14.1. The van der Waals surface area contributed by atoms with E-state index in [1.807, 2.05) is 12.3 Å². The smallest absolute Gasteiger partial charge is 0.207 e. The van der Waals surface area contributed by atoms with Crippen LogP contribution in [-0.4, -0.2) is 23.3 Å². The number of anilines is 2. The van der Waals surface area contributed by atoms with E-state index in [0.29, 0.717) is 0 Å². The van der Waals surface area contributed by atoms with Gasteiger partial charge < -0.3 is 14.6 Å². The van der Waals surface area contributed by atoms with E-state index in [9.17, 15) is 0 Å². The van der Waals surface area contributed by atoms with E-state index in [1.165, 1.54) is 5.56 Å². The predicted octanol–water partition coefficient (Wildman–Crippen LogP) is 3.73. The molecule has 0 radical (unpaired) electrons. The van der Waals surface area contributed by atoms with Gasteiger partial charge in [0.2, 0.25) is 5.95 Å². The lowest BCUT2D eigenvalue weighted by atomic mass is 10.2. The van der Waals surface area contributed by atoms with Gasteiger partial charge in [-0.25, -0.2) is 4.98 Å². The highest BCUT2D eigenvalue weighted by Crippen LogP contribution is 2.26. The summed E-state index contributed by atoms with van der Waals surface area (Å²) in [7, 11) is 1.72. The summed E-state index contributed by atoms with van der Waals surface area (Å²) in [5.74, 6) is 0.848. The number of benzene rings is 1. The molecule has 0 spiro atoms. The molecule has 0 amide bonds. The van der Waals surface area contributed by atoms with Crippen LogP contribution in [0.2, 0.25) is 0 Å². The summed E-state index contributed by atoms with van der Waals surface area (Å²) in [5, 5.41) is 3.34. The van der Waals surface area contributed by atoms with Crippen LogP contribution in [0.25, 0.3) is 0 Å². The SMILES string of the molecule is COCCCn1ccnc1Nc1ccc(C)cc1Br. The fourth-order valence-electron chi connectivity index (χ4n) is 1.83. The van der Waals surface area contributed by atoms with Crippen LogP contribution in [0.5, 0.6) is 0 Å². The number of ether oxygens (including phenoxy) is 1. The summed E-state index contributed by atoms with van der Waals surface area (Å²) in [4.78, 5) is 4.34. The van der Waals surface area contributed by atoms with E-state index >= 15 is 0 Å². The third kappa shape index (κ3) is 3.81. The van der Waals surface area contributed by atoms with Crippen LogP contribution in [-0.2, 0) is 11.3 Å². The Balaban J connectivity index is 2.08. The van der Waals surface area contributed by atoms with E-state index in [0.717, 1.165) is 35.7 Å². The number of methoxy groups -OCH3 is 1. The molecule has 0 unspecified atom stereocenters. The third-order valence-electron chi connectivity index (χ3n) is 2.83. The Morgan fingerprint density at radius 3 is 3.00 bits per heavy atom. The van der Waals surface area contributed by atoms with E-state index in [2.05, 4.69) is 49.9 Å². The monoisotopic (exact) mass is 323 g/mol. The predicted molar refractivity (Wildman–Crippen MR) is 80.9 cm³/mol. The van der Waals surface area contributed by atoms with E-state index in [-0.39, 0.29) is 0 Å². The van der Waals surface area contributed by atoms with Crippen LogP contribution >= 0.6 is 15.9 Å². The lowest BCUT2D eigenvalue weighted by Crippen LogP contribution is -2.05. The molecule has 0 aliphatic rings. The number of aryl methyl sites for hydroxylation is 2. The molecular formula is C14H18BrN3O. The second-order valence-electron chi connectivity index (χ2n) is 4.40. The average Bonchev–Trinajstić information content (AvgIpc) is 2.81. The van der Waals surface area contributed by atoms with Crippen molar-refractivity contribution in [2.45, 2.75) is 19.9 Å². The molecule has 2 rings (SSSR count). The van der Waals surface area contributed by atoms with Crippen molar-refractivity contribution in [2.75, 3.05) is 19.0 Å². The Labute approximate surface area is 121 Å². The van der Waals surface area contributed by atoms with Crippen LogP contribution in [0.3, 0.4) is 0 Å². The molecule has 4 nitrogen and oxygen atoms in total. The maximum atomic E-state index is 5.07. The van der Waals surface area contributed by atoms with Gasteiger partial charge in [0.25, 0.3) is 0 Å². The van der Waals surface area contributed by atoms with Crippen molar-refractivity contribution >= 4 is 27.6 Å². The van der Waals surface area contributed by atoms with Gasteiger partial charge in [0.1, 0.15) is 0 Å². The zero-order chi connectivity index (χ0) is 13.7.